The summed E-state index contributed by atoms with van der Waals surface area (Å²) in [5.41, 5.74) is 0.528. The van der Waals surface area contributed by atoms with Gasteiger partial charge in [0.2, 0.25) is 0 Å². The summed E-state index contributed by atoms with van der Waals surface area (Å²) in [5, 5.41) is 8.91. The summed E-state index contributed by atoms with van der Waals surface area (Å²) in [7, 11) is 1.54. The molecule has 5 heteroatoms. The van der Waals surface area contributed by atoms with Crippen molar-refractivity contribution in [2.45, 2.75) is 6.42 Å². The number of carboxylic acids is 1. The first-order valence-electron chi connectivity index (χ1n) is 5.78. The standard InChI is InChI=1S/C13H15NO4/c1-18-11-4-2-3-9(7-11)12(15)14-6-5-10(8-14)13(16)17/h2-4,7,10H,5-6,8H2,1H3,(H,16,17)/t10-/m0/s1. The van der Waals surface area contributed by atoms with Crippen molar-refractivity contribution in [3.8, 4) is 5.75 Å². The zero-order chi connectivity index (χ0) is 13.1. The Kier molecular flexibility index (Phi) is 3.50. The van der Waals surface area contributed by atoms with Crippen LogP contribution in [-0.4, -0.2) is 42.1 Å². The van der Waals surface area contributed by atoms with Crippen molar-refractivity contribution in [1.29, 1.82) is 0 Å². The monoisotopic (exact) mass is 249 g/mol. The number of likely N-dealkylation sites (tertiary alicyclic amines) is 1. The Morgan fingerprint density at radius 3 is 2.83 bits per heavy atom. The molecule has 0 spiro atoms. The van der Waals surface area contributed by atoms with E-state index in [-0.39, 0.29) is 12.5 Å². The summed E-state index contributed by atoms with van der Waals surface area (Å²) >= 11 is 0. The first kappa shape index (κ1) is 12.4. The Labute approximate surface area is 105 Å². The van der Waals surface area contributed by atoms with E-state index in [1.165, 1.54) is 0 Å². The van der Waals surface area contributed by atoms with Crippen LogP contribution in [0.1, 0.15) is 16.8 Å². The topological polar surface area (TPSA) is 66.8 Å². The van der Waals surface area contributed by atoms with E-state index >= 15 is 0 Å². The number of rotatable bonds is 3. The molecule has 1 aliphatic heterocycles. The molecule has 18 heavy (non-hydrogen) atoms. The quantitative estimate of drug-likeness (QED) is 0.875. The van der Waals surface area contributed by atoms with Gasteiger partial charge in [0.1, 0.15) is 5.75 Å². The number of carbonyl (C=O) groups excluding carboxylic acids is 1. The van der Waals surface area contributed by atoms with Gasteiger partial charge in [0.15, 0.2) is 0 Å². The lowest BCUT2D eigenvalue weighted by atomic mass is 10.1. The van der Waals surface area contributed by atoms with Crippen LogP contribution in [0.2, 0.25) is 0 Å². The molecule has 0 aliphatic carbocycles. The van der Waals surface area contributed by atoms with Crippen molar-refractivity contribution in [3.63, 3.8) is 0 Å². The molecule has 0 bridgehead atoms. The predicted octanol–water partition coefficient (Wildman–Crippen LogP) is 1.24. The fourth-order valence-electron chi connectivity index (χ4n) is 2.08. The lowest BCUT2D eigenvalue weighted by Crippen LogP contribution is -2.29. The third-order valence-corrected chi connectivity index (χ3v) is 3.14. The minimum Gasteiger partial charge on any atom is -0.497 e. The van der Waals surface area contributed by atoms with Crippen LogP contribution in [0.4, 0.5) is 0 Å². The predicted molar refractivity (Wildman–Crippen MR) is 64.6 cm³/mol. The minimum absolute atomic E-state index is 0.141. The molecule has 2 rings (SSSR count). The molecule has 1 aromatic rings. The maximum Gasteiger partial charge on any atom is 0.308 e. The first-order valence-corrected chi connectivity index (χ1v) is 5.78. The largest absolute Gasteiger partial charge is 0.497 e. The molecule has 0 radical (unpaired) electrons. The number of aliphatic carboxylic acids is 1. The summed E-state index contributed by atoms with van der Waals surface area (Å²) in [5.74, 6) is -0.803. The van der Waals surface area contributed by atoms with Crippen molar-refractivity contribution in [3.05, 3.63) is 29.8 Å². The molecule has 1 N–H and O–H groups in total. The summed E-state index contributed by atoms with van der Waals surface area (Å²) in [4.78, 5) is 24.6. The SMILES string of the molecule is COc1cccc(C(=O)N2CC[C@H](C(=O)O)C2)c1. The molecule has 0 aromatic heterocycles. The number of ether oxygens (including phenoxy) is 1. The van der Waals surface area contributed by atoms with Gasteiger partial charge in [0, 0.05) is 18.7 Å². The molecule has 1 aromatic carbocycles. The molecular formula is C13H15NO4. The molecule has 1 saturated heterocycles. The number of hydrogen-bond acceptors (Lipinski definition) is 3. The van der Waals surface area contributed by atoms with Gasteiger partial charge in [-0.15, -0.1) is 0 Å². The molecule has 96 valence electrons. The van der Waals surface area contributed by atoms with Gasteiger partial charge >= 0.3 is 5.97 Å². The highest BCUT2D eigenvalue weighted by Crippen LogP contribution is 2.20. The minimum atomic E-state index is -0.837. The first-order chi connectivity index (χ1) is 8.61. The second-order valence-electron chi connectivity index (χ2n) is 4.31. The van der Waals surface area contributed by atoms with Crippen LogP contribution in [0, 0.1) is 5.92 Å². The summed E-state index contributed by atoms with van der Waals surface area (Å²) in [6.07, 6.45) is 0.519. The van der Waals surface area contributed by atoms with Crippen molar-refractivity contribution in [1.82, 2.24) is 4.90 Å². The van der Waals surface area contributed by atoms with Gasteiger partial charge in [-0.3, -0.25) is 9.59 Å². The molecular weight excluding hydrogens is 234 g/mol. The van der Waals surface area contributed by atoms with Crippen LogP contribution in [0.25, 0.3) is 0 Å². The zero-order valence-electron chi connectivity index (χ0n) is 10.1. The molecule has 0 saturated carbocycles. The van der Waals surface area contributed by atoms with Crippen LogP contribution in [-0.2, 0) is 4.79 Å². The fourth-order valence-corrected chi connectivity index (χ4v) is 2.08. The van der Waals surface area contributed by atoms with Crippen LogP contribution in [0.15, 0.2) is 24.3 Å². The van der Waals surface area contributed by atoms with Gasteiger partial charge in [-0.1, -0.05) is 6.07 Å². The zero-order valence-corrected chi connectivity index (χ0v) is 10.1. The van der Waals surface area contributed by atoms with Crippen molar-refractivity contribution >= 4 is 11.9 Å². The lowest BCUT2D eigenvalue weighted by molar-refractivity contribution is -0.141. The van der Waals surface area contributed by atoms with Gasteiger partial charge < -0.3 is 14.7 Å². The number of carboxylic acid groups (broad SMARTS) is 1. The number of carbonyl (C=O) groups is 2. The Hall–Kier alpha value is -2.04. The third kappa shape index (κ3) is 2.45. The van der Waals surface area contributed by atoms with Crippen LogP contribution < -0.4 is 4.74 Å². The number of amides is 1. The smallest absolute Gasteiger partial charge is 0.308 e. The lowest BCUT2D eigenvalue weighted by Gasteiger charge is -2.16. The maximum absolute atomic E-state index is 12.2. The molecule has 1 fully saturated rings. The Bertz CT molecular complexity index is 472. The van der Waals surface area contributed by atoms with Gasteiger partial charge in [0.05, 0.1) is 13.0 Å². The molecule has 1 aliphatic rings. The van der Waals surface area contributed by atoms with Gasteiger partial charge in [-0.25, -0.2) is 0 Å². The second-order valence-corrected chi connectivity index (χ2v) is 4.31. The highest BCUT2D eigenvalue weighted by atomic mass is 16.5. The third-order valence-electron chi connectivity index (χ3n) is 3.14. The van der Waals surface area contributed by atoms with E-state index in [9.17, 15) is 9.59 Å². The van der Waals surface area contributed by atoms with Gasteiger partial charge in [-0.2, -0.15) is 0 Å². The van der Waals surface area contributed by atoms with Gasteiger partial charge in [0.25, 0.3) is 5.91 Å². The highest BCUT2D eigenvalue weighted by Gasteiger charge is 2.31. The highest BCUT2D eigenvalue weighted by molar-refractivity contribution is 5.95. The molecule has 5 nitrogen and oxygen atoms in total. The Morgan fingerprint density at radius 2 is 2.22 bits per heavy atom. The summed E-state index contributed by atoms with van der Waals surface area (Å²) in [6, 6.07) is 6.88. The van der Waals surface area contributed by atoms with E-state index in [2.05, 4.69) is 0 Å². The normalized spacial score (nSPS) is 18.7. The second kappa shape index (κ2) is 5.08. The number of benzene rings is 1. The van der Waals surface area contributed by atoms with E-state index < -0.39 is 11.9 Å². The molecule has 0 unspecified atom stereocenters. The van der Waals surface area contributed by atoms with Crippen molar-refractivity contribution < 1.29 is 19.4 Å². The number of hydrogen-bond donors (Lipinski definition) is 1. The maximum atomic E-state index is 12.2. The summed E-state index contributed by atoms with van der Waals surface area (Å²) in [6.45, 7) is 0.776. The van der Waals surface area contributed by atoms with Crippen LogP contribution in [0.5, 0.6) is 5.75 Å². The van der Waals surface area contributed by atoms with Crippen LogP contribution in [0.3, 0.4) is 0 Å². The number of methoxy groups -OCH3 is 1. The Balaban J connectivity index is 2.10. The van der Waals surface area contributed by atoms with Crippen molar-refractivity contribution in [2.24, 2.45) is 5.92 Å². The molecule has 1 heterocycles. The van der Waals surface area contributed by atoms with E-state index in [1.54, 1.807) is 36.3 Å². The Morgan fingerprint density at radius 1 is 1.44 bits per heavy atom. The van der Waals surface area contributed by atoms with E-state index in [1.807, 2.05) is 0 Å². The molecule has 1 amide bonds. The van der Waals surface area contributed by atoms with Crippen molar-refractivity contribution in [2.75, 3.05) is 20.2 Å². The van der Waals surface area contributed by atoms with E-state index in [0.29, 0.717) is 24.3 Å². The average molecular weight is 249 g/mol. The van der Waals surface area contributed by atoms with E-state index in [4.69, 9.17) is 9.84 Å². The molecule has 1 atom stereocenters. The van der Waals surface area contributed by atoms with Crippen LogP contribution >= 0.6 is 0 Å². The van der Waals surface area contributed by atoms with E-state index in [0.717, 1.165) is 0 Å². The summed E-state index contributed by atoms with van der Waals surface area (Å²) < 4.78 is 5.06. The fraction of sp³-hybridized carbons (Fsp3) is 0.385. The average Bonchev–Trinajstić information content (AvgIpc) is 2.87. The number of nitrogens with zero attached hydrogens (tertiary/aromatic N) is 1. The van der Waals surface area contributed by atoms with Gasteiger partial charge in [-0.05, 0) is 24.6 Å².